The molecule has 7 nitrogen and oxygen atoms in total. The number of benzene rings is 1. The minimum atomic E-state index is -1.28. The first-order valence-corrected chi connectivity index (χ1v) is 5.41. The van der Waals surface area contributed by atoms with E-state index >= 15 is 0 Å². The normalized spacial score (nSPS) is 9.95. The summed E-state index contributed by atoms with van der Waals surface area (Å²) >= 11 is 0. The van der Waals surface area contributed by atoms with Gasteiger partial charge in [0.2, 0.25) is 5.91 Å². The summed E-state index contributed by atoms with van der Waals surface area (Å²) in [6.45, 7) is 0.398. The summed E-state index contributed by atoms with van der Waals surface area (Å²) in [6.07, 6.45) is 0. The van der Waals surface area contributed by atoms with Gasteiger partial charge in [-0.05, 0) is 18.6 Å². The van der Waals surface area contributed by atoms with Gasteiger partial charge in [0.1, 0.15) is 18.8 Å². The molecule has 7 heteroatoms. The van der Waals surface area contributed by atoms with Crippen LogP contribution in [0.4, 0.5) is 0 Å². The third kappa shape index (κ3) is 3.70. The summed E-state index contributed by atoms with van der Waals surface area (Å²) in [5.74, 6) is -3.11. The van der Waals surface area contributed by atoms with E-state index in [4.69, 9.17) is 10.8 Å². The number of carbonyl (C=O) groups is 3. The fraction of sp³-hybridized carbons (Fsp3) is 0.250. The van der Waals surface area contributed by atoms with Crippen molar-refractivity contribution in [3.05, 3.63) is 29.3 Å². The van der Waals surface area contributed by atoms with E-state index < -0.39 is 30.9 Å². The van der Waals surface area contributed by atoms with Gasteiger partial charge in [-0.3, -0.25) is 14.4 Å². The zero-order chi connectivity index (χ0) is 14.6. The number of primary amides is 1. The van der Waals surface area contributed by atoms with Gasteiger partial charge in [-0.2, -0.15) is 0 Å². The zero-order valence-corrected chi connectivity index (χ0v) is 10.3. The van der Waals surface area contributed by atoms with Gasteiger partial charge in [0.05, 0.1) is 5.56 Å². The first kappa shape index (κ1) is 14.5. The topological polar surface area (TPSA) is 121 Å². The highest BCUT2D eigenvalue weighted by Gasteiger charge is 2.23. The predicted octanol–water partition coefficient (Wildman–Crippen LogP) is -0.287. The third-order valence-electron chi connectivity index (χ3n) is 2.43. The third-order valence-corrected chi connectivity index (χ3v) is 2.43. The Balaban J connectivity index is 3.07. The van der Waals surface area contributed by atoms with E-state index in [2.05, 4.69) is 0 Å². The number of amides is 2. The van der Waals surface area contributed by atoms with Crippen LogP contribution in [0.15, 0.2) is 18.2 Å². The van der Waals surface area contributed by atoms with E-state index in [0.29, 0.717) is 5.56 Å². The number of rotatable bonds is 5. The fourth-order valence-corrected chi connectivity index (χ4v) is 1.55. The molecule has 0 fully saturated rings. The fourth-order valence-electron chi connectivity index (χ4n) is 1.55. The van der Waals surface area contributed by atoms with Crippen molar-refractivity contribution in [3.63, 3.8) is 0 Å². The summed E-state index contributed by atoms with van der Waals surface area (Å²) in [5, 5.41) is 18.5. The molecular formula is C12H14N2O5. The molecule has 1 rings (SSSR count). The molecule has 0 saturated carbocycles. The monoisotopic (exact) mass is 266 g/mol. The van der Waals surface area contributed by atoms with Crippen LogP contribution in [0.5, 0.6) is 5.75 Å². The Hall–Kier alpha value is -2.57. The summed E-state index contributed by atoms with van der Waals surface area (Å²) in [5.41, 5.74) is 5.37. The van der Waals surface area contributed by atoms with E-state index in [-0.39, 0.29) is 11.3 Å². The predicted molar refractivity (Wildman–Crippen MR) is 65.6 cm³/mol. The van der Waals surface area contributed by atoms with Crippen LogP contribution in [-0.2, 0) is 9.59 Å². The second-order valence-corrected chi connectivity index (χ2v) is 3.99. The molecule has 0 aliphatic heterocycles. The quantitative estimate of drug-likeness (QED) is 0.676. The molecule has 0 aliphatic rings. The minimum Gasteiger partial charge on any atom is -0.507 e. The van der Waals surface area contributed by atoms with Crippen molar-refractivity contribution in [2.24, 2.45) is 5.73 Å². The summed E-state index contributed by atoms with van der Waals surface area (Å²) < 4.78 is 0. The second-order valence-electron chi connectivity index (χ2n) is 3.99. The first-order chi connectivity index (χ1) is 8.82. The van der Waals surface area contributed by atoms with Gasteiger partial charge in [0.15, 0.2) is 0 Å². The van der Waals surface area contributed by atoms with Crippen LogP contribution in [0.1, 0.15) is 15.9 Å². The summed E-state index contributed by atoms with van der Waals surface area (Å²) in [6, 6.07) is 4.49. The number of aromatic hydroxyl groups is 1. The van der Waals surface area contributed by atoms with E-state index in [1.807, 2.05) is 0 Å². The van der Waals surface area contributed by atoms with Crippen LogP contribution < -0.4 is 5.73 Å². The molecule has 1 aromatic carbocycles. The Morgan fingerprint density at radius 1 is 1.26 bits per heavy atom. The highest BCUT2D eigenvalue weighted by Crippen LogP contribution is 2.22. The lowest BCUT2D eigenvalue weighted by molar-refractivity contribution is -0.138. The Labute approximate surface area is 109 Å². The zero-order valence-electron chi connectivity index (χ0n) is 10.3. The molecular weight excluding hydrogens is 252 g/mol. The van der Waals surface area contributed by atoms with Gasteiger partial charge in [0.25, 0.3) is 5.91 Å². The van der Waals surface area contributed by atoms with Gasteiger partial charge in [0, 0.05) is 0 Å². The van der Waals surface area contributed by atoms with Gasteiger partial charge in [-0.15, -0.1) is 0 Å². The standard InChI is InChI=1S/C12H14N2O5/c1-7-3-2-4-8(11(7)18)12(19)14(5-9(13)15)6-10(16)17/h2-4,18H,5-6H2,1H3,(H2,13,15)(H,16,17). The summed E-state index contributed by atoms with van der Waals surface area (Å²) in [4.78, 5) is 34.4. The minimum absolute atomic E-state index is 0.0671. The lowest BCUT2D eigenvalue weighted by atomic mass is 10.1. The van der Waals surface area contributed by atoms with Gasteiger partial charge in [-0.1, -0.05) is 12.1 Å². The maximum Gasteiger partial charge on any atom is 0.323 e. The molecule has 0 aromatic heterocycles. The molecule has 0 aliphatic carbocycles. The van der Waals surface area contributed by atoms with Crippen LogP contribution in [0.3, 0.4) is 0 Å². The average Bonchev–Trinajstić information content (AvgIpc) is 2.30. The van der Waals surface area contributed by atoms with Crippen molar-refractivity contribution < 1.29 is 24.6 Å². The van der Waals surface area contributed by atoms with Crippen molar-refractivity contribution in [3.8, 4) is 5.75 Å². The molecule has 0 bridgehead atoms. The molecule has 19 heavy (non-hydrogen) atoms. The van der Waals surface area contributed by atoms with Crippen LogP contribution >= 0.6 is 0 Å². The van der Waals surface area contributed by atoms with Crippen molar-refractivity contribution in [2.45, 2.75) is 6.92 Å². The number of phenolic OH excluding ortho intramolecular Hbond substituents is 1. The van der Waals surface area contributed by atoms with Crippen LogP contribution in [0, 0.1) is 6.92 Å². The van der Waals surface area contributed by atoms with Crippen molar-refractivity contribution >= 4 is 17.8 Å². The highest BCUT2D eigenvalue weighted by atomic mass is 16.4. The van der Waals surface area contributed by atoms with E-state index in [9.17, 15) is 19.5 Å². The molecule has 0 saturated heterocycles. The number of aryl methyl sites for hydroxylation is 1. The Kier molecular flexibility index (Phi) is 4.46. The van der Waals surface area contributed by atoms with E-state index in [1.54, 1.807) is 19.1 Å². The van der Waals surface area contributed by atoms with Gasteiger partial charge < -0.3 is 20.8 Å². The summed E-state index contributed by atoms with van der Waals surface area (Å²) in [7, 11) is 0. The number of nitrogens with zero attached hydrogens (tertiary/aromatic N) is 1. The maximum atomic E-state index is 12.1. The van der Waals surface area contributed by atoms with Crippen molar-refractivity contribution in [2.75, 3.05) is 13.1 Å². The number of hydrogen-bond donors (Lipinski definition) is 3. The van der Waals surface area contributed by atoms with Crippen LogP contribution in [0.25, 0.3) is 0 Å². The van der Waals surface area contributed by atoms with E-state index in [1.165, 1.54) is 6.07 Å². The lowest BCUT2D eigenvalue weighted by Gasteiger charge is -2.19. The molecule has 0 spiro atoms. The lowest BCUT2D eigenvalue weighted by Crippen LogP contribution is -2.41. The Morgan fingerprint density at radius 3 is 2.42 bits per heavy atom. The molecule has 0 heterocycles. The molecule has 0 radical (unpaired) electrons. The van der Waals surface area contributed by atoms with E-state index in [0.717, 1.165) is 4.90 Å². The van der Waals surface area contributed by atoms with Gasteiger partial charge in [-0.25, -0.2) is 0 Å². The smallest absolute Gasteiger partial charge is 0.323 e. The van der Waals surface area contributed by atoms with Gasteiger partial charge >= 0.3 is 5.97 Å². The number of carbonyl (C=O) groups excluding carboxylic acids is 2. The number of para-hydroxylation sites is 1. The van der Waals surface area contributed by atoms with Crippen molar-refractivity contribution in [1.29, 1.82) is 0 Å². The molecule has 102 valence electrons. The Morgan fingerprint density at radius 2 is 1.89 bits per heavy atom. The number of phenols is 1. The van der Waals surface area contributed by atoms with Crippen LogP contribution in [-0.4, -0.2) is 46.0 Å². The number of carboxylic acids is 1. The number of carboxylic acid groups (broad SMARTS) is 1. The molecule has 4 N–H and O–H groups in total. The Bertz CT molecular complexity index is 511. The molecule has 1 aromatic rings. The SMILES string of the molecule is Cc1cccc(C(=O)N(CC(N)=O)CC(=O)O)c1O. The first-order valence-electron chi connectivity index (χ1n) is 5.41. The maximum absolute atomic E-state index is 12.1. The largest absolute Gasteiger partial charge is 0.507 e. The second kappa shape index (κ2) is 5.85. The van der Waals surface area contributed by atoms with Crippen molar-refractivity contribution in [1.82, 2.24) is 4.90 Å². The highest BCUT2D eigenvalue weighted by molar-refractivity contribution is 6.00. The number of aliphatic carboxylic acids is 1. The average molecular weight is 266 g/mol. The van der Waals surface area contributed by atoms with Crippen LogP contribution in [0.2, 0.25) is 0 Å². The molecule has 0 atom stereocenters. The number of nitrogens with two attached hydrogens (primary N) is 1. The molecule has 2 amide bonds. The molecule has 0 unspecified atom stereocenters. The number of hydrogen-bond acceptors (Lipinski definition) is 4.